The molecule has 0 radical (unpaired) electrons. The minimum Gasteiger partial charge on any atom is -0.372 e. The van der Waals surface area contributed by atoms with Crippen molar-refractivity contribution in [3.8, 4) is 10.7 Å². The SMILES string of the molecule is CNc1nc(-c2cc(Cl)cs2)nc(CC(C)C)c1I. The lowest BCUT2D eigenvalue weighted by Gasteiger charge is -2.12. The molecule has 2 heterocycles. The molecule has 19 heavy (non-hydrogen) atoms. The van der Waals surface area contributed by atoms with Gasteiger partial charge >= 0.3 is 0 Å². The molecule has 3 nitrogen and oxygen atoms in total. The van der Waals surface area contributed by atoms with E-state index >= 15 is 0 Å². The molecule has 2 rings (SSSR count). The number of rotatable bonds is 4. The van der Waals surface area contributed by atoms with Gasteiger partial charge in [0.25, 0.3) is 0 Å². The van der Waals surface area contributed by atoms with Crippen LogP contribution in [-0.4, -0.2) is 17.0 Å². The van der Waals surface area contributed by atoms with Crippen molar-refractivity contribution in [1.82, 2.24) is 9.97 Å². The van der Waals surface area contributed by atoms with E-state index in [1.165, 1.54) is 0 Å². The number of hydrogen-bond acceptors (Lipinski definition) is 4. The van der Waals surface area contributed by atoms with Gasteiger partial charge in [-0.05, 0) is 41.0 Å². The van der Waals surface area contributed by atoms with Crippen LogP contribution in [0.3, 0.4) is 0 Å². The molecule has 1 N–H and O–H groups in total. The normalized spacial score (nSPS) is 11.1. The van der Waals surface area contributed by atoms with Crippen LogP contribution in [-0.2, 0) is 6.42 Å². The Morgan fingerprint density at radius 1 is 1.42 bits per heavy atom. The van der Waals surface area contributed by atoms with Gasteiger partial charge in [-0.1, -0.05) is 25.4 Å². The van der Waals surface area contributed by atoms with Crippen LogP contribution >= 0.6 is 45.5 Å². The lowest BCUT2D eigenvalue weighted by atomic mass is 10.1. The molecule has 0 bridgehead atoms. The predicted molar refractivity (Wildman–Crippen MR) is 91.2 cm³/mol. The van der Waals surface area contributed by atoms with Crippen LogP contribution in [0.15, 0.2) is 11.4 Å². The van der Waals surface area contributed by atoms with E-state index in [1.54, 1.807) is 11.3 Å². The van der Waals surface area contributed by atoms with Crippen LogP contribution < -0.4 is 5.32 Å². The third-order valence-corrected chi connectivity index (χ3v) is 4.95. The van der Waals surface area contributed by atoms with Crippen molar-refractivity contribution in [1.29, 1.82) is 0 Å². The maximum Gasteiger partial charge on any atom is 0.171 e. The van der Waals surface area contributed by atoms with Crippen LogP contribution in [0.4, 0.5) is 5.82 Å². The average Bonchev–Trinajstić information content (AvgIpc) is 2.78. The van der Waals surface area contributed by atoms with E-state index in [1.807, 2.05) is 18.5 Å². The molecule has 6 heteroatoms. The van der Waals surface area contributed by atoms with Crippen LogP contribution in [0, 0.1) is 9.49 Å². The van der Waals surface area contributed by atoms with Crippen LogP contribution in [0.5, 0.6) is 0 Å². The van der Waals surface area contributed by atoms with Crippen molar-refractivity contribution in [3.63, 3.8) is 0 Å². The molecule has 2 aromatic rings. The molecule has 0 aliphatic heterocycles. The maximum absolute atomic E-state index is 5.98. The van der Waals surface area contributed by atoms with E-state index in [-0.39, 0.29) is 0 Å². The van der Waals surface area contributed by atoms with Gasteiger partial charge in [-0.15, -0.1) is 11.3 Å². The number of nitrogens with zero attached hydrogens (tertiary/aromatic N) is 2. The van der Waals surface area contributed by atoms with Gasteiger partial charge in [0.15, 0.2) is 5.82 Å². The van der Waals surface area contributed by atoms with E-state index in [0.29, 0.717) is 5.92 Å². The Bertz CT molecular complexity index is 583. The van der Waals surface area contributed by atoms with Gasteiger partial charge < -0.3 is 5.32 Å². The number of hydrogen-bond donors (Lipinski definition) is 1. The first kappa shape index (κ1) is 15.0. The highest BCUT2D eigenvalue weighted by atomic mass is 127. The Morgan fingerprint density at radius 3 is 2.68 bits per heavy atom. The molecule has 0 saturated carbocycles. The summed E-state index contributed by atoms with van der Waals surface area (Å²) in [5.41, 5.74) is 1.09. The maximum atomic E-state index is 5.98. The fourth-order valence-electron chi connectivity index (χ4n) is 1.72. The van der Waals surface area contributed by atoms with E-state index < -0.39 is 0 Å². The third kappa shape index (κ3) is 3.58. The fraction of sp³-hybridized carbons (Fsp3) is 0.385. The fourth-order valence-corrected chi connectivity index (χ4v) is 3.46. The number of thiophene rings is 1. The molecular formula is C13H15ClIN3S. The van der Waals surface area contributed by atoms with Gasteiger partial charge in [0.05, 0.1) is 19.2 Å². The predicted octanol–water partition coefficient (Wildman–Crippen LogP) is 4.70. The van der Waals surface area contributed by atoms with Crippen molar-refractivity contribution in [3.05, 3.63) is 25.7 Å². The quantitative estimate of drug-likeness (QED) is 0.746. The summed E-state index contributed by atoms with van der Waals surface area (Å²) in [5.74, 6) is 2.19. The first-order chi connectivity index (χ1) is 9.01. The van der Waals surface area contributed by atoms with Crippen LogP contribution in [0.25, 0.3) is 10.7 Å². The van der Waals surface area contributed by atoms with Crippen molar-refractivity contribution >= 4 is 51.3 Å². The highest BCUT2D eigenvalue weighted by Gasteiger charge is 2.14. The number of aromatic nitrogens is 2. The Labute approximate surface area is 136 Å². The van der Waals surface area contributed by atoms with E-state index in [4.69, 9.17) is 16.6 Å². The summed E-state index contributed by atoms with van der Waals surface area (Å²) in [4.78, 5) is 10.3. The van der Waals surface area contributed by atoms with Crippen LogP contribution in [0.2, 0.25) is 5.02 Å². The Morgan fingerprint density at radius 2 is 2.16 bits per heavy atom. The number of halogens is 2. The van der Waals surface area contributed by atoms with Crippen molar-refractivity contribution in [2.24, 2.45) is 5.92 Å². The monoisotopic (exact) mass is 407 g/mol. The molecule has 2 aromatic heterocycles. The first-order valence-electron chi connectivity index (χ1n) is 5.99. The van der Waals surface area contributed by atoms with Gasteiger partial charge in [0.2, 0.25) is 0 Å². The summed E-state index contributed by atoms with van der Waals surface area (Å²) < 4.78 is 1.10. The van der Waals surface area contributed by atoms with E-state index in [0.717, 1.165) is 37.2 Å². The minimum absolute atomic E-state index is 0.563. The number of nitrogens with one attached hydrogen (secondary N) is 1. The van der Waals surface area contributed by atoms with Gasteiger partial charge in [-0.2, -0.15) is 0 Å². The lowest BCUT2D eigenvalue weighted by molar-refractivity contribution is 0.632. The molecule has 0 aliphatic carbocycles. The summed E-state index contributed by atoms with van der Waals surface area (Å²) in [6, 6.07) is 1.91. The molecule has 0 atom stereocenters. The van der Waals surface area contributed by atoms with Crippen molar-refractivity contribution in [2.45, 2.75) is 20.3 Å². The van der Waals surface area contributed by atoms with Crippen molar-refractivity contribution < 1.29 is 0 Å². The number of anilines is 1. The first-order valence-corrected chi connectivity index (χ1v) is 8.33. The van der Waals surface area contributed by atoms with E-state index in [9.17, 15) is 0 Å². The Balaban J connectivity index is 2.50. The standard InChI is InChI=1S/C13H15ClIN3S/c1-7(2)4-9-11(15)13(16-3)18-12(17-9)10-5-8(14)6-19-10/h5-7H,4H2,1-3H3,(H,16,17,18). The molecule has 0 unspecified atom stereocenters. The molecule has 0 spiro atoms. The Hall–Kier alpha value is -0.400. The smallest absolute Gasteiger partial charge is 0.171 e. The minimum atomic E-state index is 0.563. The van der Waals surface area contributed by atoms with Gasteiger partial charge in [0.1, 0.15) is 5.82 Å². The zero-order valence-electron chi connectivity index (χ0n) is 11.0. The highest BCUT2D eigenvalue weighted by molar-refractivity contribution is 14.1. The molecule has 0 aromatic carbocycles. The Kier molecular flexibility index (Phi) is 5.03. The highest BCUT2D eigenvalue weighted by Crippen LogP contribution is 2.30. The topological polar surface area (TPSA) is 37.8 Å². The van der Waals surface area contributed by atoms with Gasteiger partial charge in [-0.25, -0.2) is 9.97 Å². The summed E-state index contributed by atoms with van der Waals surface area (Å²) >= 11 is 9.85. The second-order valence-electron chi connectivity index (χ2n) is 4.63. The summed E-state index contributed by atoms with van der Waals surface area (Å²) in [6.45, 7) is 4.39. The molecule has 0 aliphatic rings. The lowest BCUT2D eigenvalue weighted by Crippen LogP contribution is -2.07. The van der Waals surface area contributed by atoms with Crippen molar-refractivity contribution in [2.75, 3.05) is 12.4 Å². The average molecular weight is 408 g/mol. The summed E-state index contributed by atoms with van der Waals surface area (Å²) in [6.07, 6.45) is 0.946. The van der Waals surface area contributed by atoms with Gasteiger partial charge in [0, 0.05) is 12.4 Å². The molecule has 0 fully saturated rings. The zero-order valence-corrected chi connectivity index (χ0v) is 14.7. The second kappa shape index (κ2) is 6.37. The largest absolute Gasteiger partial charge is 0.372 e. The summed E-state index contributed by atoms with van der Waals surface area (Å²) in [5, 5.41) is 5.78. The summed E-state index contributed by atoms with van der Waals surface area (Å²) in [7, 11) is 1.88. The molecule has 0 amide bonds. The van der Waals surface area contributed by atoms with Crippen LogP contribution in [0.1, 0.15) is 19.5 Å². The zero-order chi connectivity index (χ0) is 14.0. The molecule has 102 valence electrons. The second-order valence-corrected chi connectivity index (χ2v) is 7.06. The molecular weight excluding hydrogens is 393 g/mol. The van der Waals surface area contributed by atoms with E-state index in [2.05, 4.69) is 46.7 Å². The van der Waals surface area contributed by atoms with Gasteiger partial charge in [-0.3, -0.25) is 0 Å². The molecule has 0 saturated heterocycles. The third-order valence-electron chi connectivity index (χ3n) is 2.55.